The van der Waals surface area contributed by atoms with Crippen LogP contribution in [0, 0.1) is 11.8 Å². The minimum Gasteiger partial charge on any atom is -0.311 e. The molecule has 1 aromatic carbocycles. The maximum absolute atomic E-state index is 4.03. The van der Waals surface area contributed by atoms with Gasteiger partial charge in [-0.3, -0.25) is 0 Å². The van der Waals surface area contributed by atoms with E-state index in [-0.39, 0.29) is 0 Å². The molecule has 0 heterocycles. The highest BCUT2D eigenvalue weighted by Crippen LogP contribution is 2.37. The molecule has 5 atom stereocenters. The van der Waals surface area contributed by atoms with Gasteiger partial charge in [-0.15, -0.1) is 6.58 Å². The molecule has 1 nitrogen and oxygen atoms in total. The molecule has 2 fully saturated rings. The van der Waals surface area contributed by atoms with Gasteiger partial charge in [-0.05, 0) is 74.7 Å². The average Bonchev–Trinajstić information content (AvgIpc) is 3.00. The van der Waals surface area contributed by atoms with E-state index in [1.54, 1.807) is 5.56 Å². The van der Waals surface area contributed by atoms with Crippen LogP contribution in [0.15, 0.2) is 43.0 Å². The van der Waals surface area contributed by atoms with Gasteiger partial charge in [0.1, 0.15) is 0 Å². The summed E-state index contributed by atoms with van der Waals surface area (Å²) < 4.78 is 0. The third-order valence-electron chi connectivity index (χ3n) is 6.01. The predicted molar refractivity (Wildman–Crippen MR) is 99.7 cm³/mol. The van der Waals surface area contributed by atoms with Gasteiger partial charge in [-0.1, -0.05) is 43.3 Å². The van der Waals surface area contributed by atoms with Crippen molar-refractivity contribution >= 4 is 0 Å². The topological polar surface area (TPSA) is 12.0 Å². The Balaban J connectivity index is 1.53. The molecular weight excluding hydrogens is 278 g/mol. The summed E-state index contributed by atoms with van der Waals surface area (Å²) in [6, 6.07) is 12.6. The molecule has 1 aromatic rings. The second kappa shape index (κ2) is 8.15. The Morgan fingerprint density at radius 1 is 1.04 bits per heavy atom. The highest BCUT2D eigenvalue weighted by Gasteiger charge is 2.31. The van der Waals surface area contributed by atoms with Gasteiger partial charge in [0.15, 0.2) is 0 Å². The van der Waals surface area contributed by atoms with Gasteiger partial charge in [0.05, 0.1) is 0 Å². The van der Waals surface area contributed by atoms with Crippen LogP contribution in [-0.4, -0.2) is 12.1 Å². The molecule has 0 amide bonds. The molecule has 3 rings (SSSR count). The Hall–Kier alpha value is -1.08. The van der Waals surface area contributed by atoms with Crippen LogP contribution in [0.5, 0.6) is 0 Å². The van der Waals surface area contributed by atoms with E-state index in [4.69, 9.17) is 0 Å². The summed E-state index contributed by atoms with van der Waals surface area (Å²) in [5, 5.41) is 4.03. The molecule has 2 aliphatic carbocycles. The molecule has 0 bridgehead atoms. The molecule has 0 radical (unpaired) electrons. The van der Waals surface area contributed by atoms with Gasteiger partial charge >= 0.3 is 0 Å². The first-order chi connectivity index (χ1) is 11.2. The number of rotatable bonds is 6. The quantitative estimate of drug-likeness (QED) is 0.666. The predicted octanol–water partition coefficient (Wildman–Crippen LogP) is 5.68. The van der Waals surface area contributed by atoms with E-state index >= 15 is 0 Å². The summed E-state index contributed by atoms with van der Waals surface area (Å²) in [5.74, 6) is 2.51. The van der Waals surface area contributed by atoms with Crippen LogP contribution in [-0.2, 0) is 0 Å². The fraction of sp³-hybridized carbons (Fsp3) is 0.636. The minimum atomic E-state index is 0.715. The largest absolute Gasteiger partial charge is 0.311 e. The Kier molecular flexibility index (Phi) is 5.94. The van der Waals surface area contributed by atoms with Crippen LogP contribution >= 0.6 is 0 Å². The van der Waals surface area contributed by atoms with Crippen LogP contribution in [0.2, 0.25) is 0 Å². The normalized spacial score (nSPS) is 34.4. The van der Waals surface area contributed by atoms with Crippen molar-refractivity contribution in [2.24, 2.45) is 11.8 Å². The summed E-state index contributed by atoms with van der Waals surface area (Å²) in [5.41, 5.74) is 1.54. The third-order valence-corrected chi connectivity index (χ3v) is 6.01. The Labute approximate surface area is 142 Å². The number of nitrogens with one attached hydrogen (secondary N) is 1. The van der Waals surface area contributed by atoms with E-state index in [1.807, 2.05) is 0 Å². The third kappa shape index (κ3) is 4.70. The Bertz CT molecular complexity index is 480. The first-order valence-electron chi connectivity index (χ1n) is 9.66. The molecule has 5 unspecified atom stereocenters. The highest BCUT2D eigenvalue weighted by molar-refractivity contribution is 5.20. The molecular formula is C22H33N. The van der Waals surface area contributed by atoms with Crippen molar-refractivity contribution in [2.45, 2.75) is 76.3 Å². The number of hydrogen-bond acceptors (Lipinski definition) is 1. The summed E-state index contributed by atoms with van der Waals surface area (Å²) in [6.07, 6.45) is 12.8. The number of hydrogen-bond donors (Lipinski definition) is 1. The molecule has 1 N–H and O–H groups in total. The van der Waals surface area contributed by atoms with Gasteiger partial charge in [0.2, 0.25) is 0 Å². The lowest BCUT2D eigenvalue weighted by Crippen LogP contribution is -2.41. The molecule has 2 saturated carbocycles. The lowest BCUT2D eigenvalue weighted by atomic mass is 9.76. The van der Waals surface area contributed by atoms with Gasteiger partial charge in [0.25, 0.3) is 0 Å². The van der Waals surface area contributed by atoms with Crippen molar-refractivity contribution < 1.29 is 0 Å². The van der Waals surface area contributed by atoms with E-state index in [9.17, 15) is 0 Å². The van der Waals surface area contributed by atoms with Gasteiger partial charge in [-0.25, -0.2) is 0 Å². The lowest BCUT2D eigenvalue weighted by molar-refractivity contribution is 0.253. The molecule has 0 aromatic heterocycles. The van der Waals surface area contributed by atoms with Gasteiger partial charge < -0.3 is 5.32 Å². The smallest absolute Gasteiger partial charge is 0.00780 e. The fourth-order valence-corrected chi connectivity index (χ4v) is 4.91. The minimum absolute atomic E-state index is 0.715. The zero-order chi connectivity index (χ0) is 16.1. The van der Waals surface area contributed by atoms with Crippen molar-refractivity contribution in [3.63, 3.8) is 0 Å². The van der Waals surface area contributed by atoms with E-state index in [1.165, 1.54) is 51.4 Å². The molecule has 1 heteroatoms. The molecule has 2 aliphatic rings. The summed E-state index contributed by atoms with van der Waals surface area (Å²) in [4.78, 5) is 0. The lowest BCUT2D eigenvalue weighted by Gasteiger charge is -2.36. The molecule has 0 spiro atoms. The van der Waals surface area contributed by atoms with E-state index in [0.29, 0.717) is 6.04 Å². The number of allylic oxidation sites excluding steroid dienone is 1. The van der Waals surface area contributed by atoms with E-state index in [0.717, 1.165) is 23.8 Å². The van der Waals surface area contributed by atoms with Crippen molar-refractivity contribution in [3.8, 4) is 0 Å². The number of benzene rings is 1. The zero-order valence-corrected chi connectivity index (χ0v) is 14.7. The fourth-order valence-electron chi connectivity index (χ4n) is 4.91. The van der Waals surface area contributed by atoms with Crippen molar-refractivity contribution in [3.05, 3.63) is 48.6 Å². The Morgan fingerprint density at radius 2 is 1.87 bits per heavy atom. The maximum Gasteiger partial charge on any atom is 0.00780 e. The maximum atomic E-state index is 4.03. The summed E-state index contributed by atoms with van der Waals surface area (Å²) >= 11 is 0. The standard InChI is InChI=1S/C22H33N/c1-3-4-8-18-11-12-21(15-18)23-22-14-17(2)13-20(16-22)19-9-6-5-7-10-19/h3,5-7,9-10,17-18,20-23H,1,4,8,11-16H2,2H3. The van der Waals surface area contributed by atoms with Gasteiger partial charge in [0, 0.05) is 12.1 Å². The van der Waals surface area contributed by atoms with Crippen LogP contribution < -0.4 is 5.32 Å². The summed E-state index contributed by atoms with van der Waals surface area (Å²) in [6.45, 7) is 6.30. The van der Waals surface area contributed by atoms with Crippen molar-refractivity contribution in [1.29, 1.82) is 0 Å². The molecule has 0 saturated heterocycles. The van der Waals surface area contributed by atoms with Crippen molar-refractivity contribution in [1.82, 2.24) is 5.32 Å². The SMILES string of the molecule is C=CCCC1CCC(NC2CC(C)CC(c3ccccc3)C2)C1. The average molecular weight is 312 g/mol. The first-order valence-corrected chi connectivity index (χ1v) is 9.66. The second-order valence-electron chi connectivity index (χ2n) is 8.03. The molecule has 23 heavy (non-hydrogen) atoms. The second-order valence-corrected chi connectivity index (χ2v) is 8.03. The van der Waals surface area contributed by atoms with Crippen LogP contribution in [0.25, 0.3) is 0 Å². The van der Waals surface area contributed by atoms with Crippen LogP contribution in [0.4, 0.5) is 0 Å². The van der Waals surface area contributed by atoms with E-state index < -0.39 is 0 Å². The van der Waals surface area contributed by atoms with Crippen molar-refractivity contribution in [2.75, 3.05) is 0 Å². The van der Waals surface area contributed by atoms with Gasteiger partial charge in [-0.2, -0.15) is 0 Å². The Morgan fingerprint density at radius 3 is 2.65 bits per heavy atom. The summed E-state index contributed by atoms with van der Waals surface area (Å²) in [7, 11) is 0. The molecule has 126 valence electrons. The highest BCUT2D eigenvalue weighted by atomic mass is 15.0. The van der Waals surface area contributed by atoms with Crippen LogP contribution in [0.1, 0.15) is 69.8 Å². The monoisotopic (exact) mass is 311 g/mol. The van der Waals surface area contributed by atoms with E-state index in [2.05, 4.69) is 55.2 Å². The molecule has 0 aliphatic heterocycles. The van der Waals surface area contributed by atoms with Crippen LogP contribution in [0.3, 0.4) is 0 Å². The first kappa shape index (κ1) is 16.8. The zero-order valence-electron chi connectivity index (χ0n) is 14.7.